The van der Waals surface area contributed by atoms with E-state index in [-0.39, 0.29) is 0 Å². The monoisotopic (exact) mass is 372 g/mol. The second-order valence-corrected chi connectivity index (χ2v) is 6.96. The number of benzene rings is 1. The van der Waals surface area contributed by atoms with Gasteiger partial charge in [0, 0.05) is 9.80 Å². The minimum absolute atomic E-state index is 0.793. The van der Waals surface area contributed by atoms with Crippen LogP contribution in [0.25, 0.3) is 0 Å². The van der Waals surface area contributed by atoms with Gasteiger partial charge in [0.1, 0.15) is 0 Å². The highest BCUT2D eigenvalue weighted by Crippen LogP contribution is 2.33. The van der Waals surface area contributed by atoms with Gasteiger partial charge in [0.05, 0.1) is 0 Å². The Kier molecular flexibility index (Phi) is 6.23. The Bertz CT molecular complexity index is 354. The molecular formula is C16H22Br2. The van der Waals surface area contributed by atoms with E-state index in [1.165, 1.54) is 55.0 Å². The van der Waals surface area contributed by atoms with Gasteiger partial charge in [0.15, 0.2) is 0 Å². The highest BCUT2D eigenvalue weighted by Gasteiger charge is 2.22. The summed E-state index contributed by atoms with van der Waals surface area (Å²) in [5, 5.41) is 1.14. The summed E-state index contributed by atoms with van der Waals surface area (Å²) >= 11 is 7.42. The summed E-state index contributed by atoms with van der Waals surface area (Å²) < 4.78 is 1.27. The average Bonchev–Trinajstić information content (AvgIpc) is 2.67. The largest absolute Gasteiger partial charge is 0.0925 e. The smallest absolute Gasteiger partial charge is 0.0207 e. The van der Waals surface area contributed by atoms with Gasteiger partial charge in [0.25, 0.3) is 0 Å². The van der Waals surface area contributed by atoms with Crippen molar-refractivity contribution in [2.75, 3.05) is 5.33 Å². The van der Waals surface area contributed by atoms with Gasteiger partial charge in [-0.3, -0.25) is 0 Å². The van der Waals surface area contributed by atoms with E-state index in [0.29, 0.717) is 0 Å². The fourth-order valence-corrected chi connectivity index (χ4v) is 4.28. The molecule has 1 aliphatic carbocycles. The quantitative estimate of drug-likeness (QED) is 0.450. The molecule has 1 aliphatic rings. The van der Waals surface area contributed by atoms with E-state index in [1.54, 1.807) is 0 Å². The first kappa shape index (κ1) is 14.6. The number of hydrogen-bond acceptors (Lipinski definition) is 0. The van der Waals surface area contributed by atoms with E-state index in [2.05, 4.69) is 56.1 Å². The van der Waals surface area contributed by atoms with Crippen LogP contribution in [0.3, 0.4) is 0 Å². The summed E-state index contributed by atoms with van der Waals surface area (Å²) in [7, 11) is 0. The first-order valence-electron chi connectivity index (χ1n) is 7.10. The second-order valence-electron chi connectivity index (χ2n) is 5.46. The molecule has 0 aliphatic heterocycles. The maximum Gasteiger partial charge on any atom is 0.0207 e. The van der Waals surface area contributed by atoms with Crippen LogP contribution in [0.1, 0.15) is 44.1 Å². The molecule has 18 heavy (non-hydrogen) atoms. The highest BCUT2D eigenvalue weighted by atomic mass is 79.9. The van der Waals surface area contributed by atoms with Gasteiger partial charge in [-0.15, -0.1) is 0 Å². The molecule has 2 rings (SSSR count). The number of alkyl halides is 1. The molecule has 1 fully saturated rings. The average molecular weight is 374 g/mol. The summed E-state index contributed by atoms with van der Waals surface area (Å²) in [4.78, 5) is 0. The van der Waals surface area contributed by atoms with Crippen molar-refractivity contribution < 1.29 is 0 Å². The number of rotatable bonds is 4. The van der Waals surface area contributed by atoms with Gasteiger partial charge in [-0.25, -0.2) is 0 Å². The van der Waals surface area contributed by atoms with Crippen LogP contribution in [0.5, 0.6) is 0 Å². The lowest BCUT2D eigenvalue weighted by Gasteiger charge is -2.25. The van der Waals surface area contributed by atoms with Crippen LogP contribution in [-0.4, -0.2) is 5.33 Å². The summed E-state index contributed by atoms with van der Waals surface area (Å²) in [6.45, 7) is 0. The Morgan fingerprint density at radius 3 is 2.33 bits per heavy atom. The molecule has 0 N–H and O–H groups in total. The van der Waals surface area contributed by atoms with Crippen LogP contribution in [0.2, 0.25) is 0 Å². The second kappa shape index (κ2) is 7.69. The lowest BCUT2D eigenvalue weighted by atomic mass is 9.83. The molecule has 0 bridgehead atoms. The molecule has 0 radical (unpaired) electrons. The van der Waals surface area contributed by atoms with Crippen LogP contribution in [0, 0.1) is 11.8 Å². The number of hydrogen-bond donors (Lipinski definition) is 0. The minimum Gasteiger partial charge on any atom is -0.0925 e. The molecule has 0 aromatic heterocycles. The predicted molar refractivity (Wildman–Crippen MR) is 86.3 cm³/mol. The van der Waals surface area contributed by atoms with E-state index in [4.69, 9.17) is 0 Å². The highest BCUT2D eigenvalue weighted by molar-refractivity contribution is 9.10. The van der Waals surface area contributed by atoms with Crippen molar-refractivity contribution in [3.8, 4) is 0 Å². The molecule has 1 aromatic rings. The molecule has 1 atom stereocenters. The molecular weight excluding hydrogens is 352 g/mol. The van der Waals surface area contributed by atoms with Crippen LogP contribution < -0.4 is 0 Å². The molecule has 1 aromatic carbocycles. The Balaban J connectivity index is 2.02. The van der Waals surface area contributed by atoms with E-state index in [0.717, 1.165) is 17.2 Å². The first-order valence-corrected chi connectivity index (χ1v) is 9.02. The molecule has 1 saturated carbocycles. The van der Waals surface area contributed by atoms with Crippen LogP contribution in [0.15, 0.2) is 28.7 Å². The first-order chi connectivity index (χ1) is 8.81. The van der Waals surface area contributed by atoms with Crippen molar-refractivity contribution in [3.05, 3.63) is 34.3 Å². The van der Waals surface area contributed by atoms with Gasteiger partial charge < -0.3 is 0 Å². The van der Waals surface area contributed by atoms with E-state index in [9.17, 15) is 0 Å². The summed E-state index contributed by atoms with van der Waals surface area (Å²) in [6, 6.07) is 8.67. The molecule has 0 nitrogen and oxygen atoms in total. The third-order valence-electron chi connectivity index (χ3n) is 4.20. The summed E-state index contributed by atoms with van der Waals surface area (Å²) in [6.07, 6.45) is 9.83. The summed E-state index contributed by atoms with van der Waals surface area (Å²) in [5.74, 6) is 1.71. The van der Waals surface area contributed by atoms with Crippen molar-refractivity contribution in [1.82, 2.24) is 0 Å². The Morgan fingerprint density at radius 1 is 1.06 bits per heavy atom. The topological polar surface area (TPSA) is 0 Å². The van der Waals surface area contributed by atoms with Crippen molar-refractivity contribution in [2.24, 2.45) is 11.8 Å². The Hall–Kier alpha value is 0.180. The van der Waals surface area contributed by atoms with Crippen LogP contribution in [-0.2, 0) is 6.42 Å². The minimum atomic E-state index is 0.793. The van der Waals surface area contributed by atoms with Crippen molar-refractivity contribution >= 4 is 31.9 Å². The molecule has 1 unspecified atom stereocenters. The van der Waals surface area contributed by atoms with Crippen molar-refractivity contribution in [1.29, 1.82) is 0 Å². The van der Waals surface area contributed by atoms with Gasteiger partial charge in [-0.05, 0) is 29.9 Å². The number of halogens is 2. The fourth-order valence-electron chi connectivity index (χ4n) is 3.08. The molecule has 2 heteroatoms. The zero-order chi connectivity index (χ0) is 12.8. The normalized spacial score (nSPS) is 19.4. The van der Waals surface area contributed by atoms with E-state index in [1.807, 2.05) is 0 Å². The SMILES string of the molecule is BrCC(Cc1ccccc1Br)C1CCCCCC1. The maximum atomic E-state index is 3.74. The van der Waals surface area contributed by atoms with Gasteiger partial charge in [-0.2, -0.15) is 0 Å². The molecule has 0 spiro atoms. The van der Waals surface area contributed by atoms with Crippen LogP contribution in [0.4, 0.5) is 0 Å². The lowest BCUT2D eigenvalue weighted by molar-refractivity contribution is 0.324. The van der Waals surface area contributed by atoms with Gasteiger partial charge >= 0.3 is 0 Å². The zero-order valence-electron chi connectivity index (χ0n) is 10.9. The third kappa shape index (κ3) is 4.09. The fraction of sp³-hybridized carbons (Fsp3) is 0.625. The van der Waals surface area contributed by atoms with E-state index >= 15 is 0 Å². The predicted octanol–water partition coefficient (Wildman–Crippen LogP) is 5.97. The van der Waals surface area contributed by atoms with Crippen molar-refractivity contribution in [3.63, 3.8) is 0 Å². The Labute approximate surface area is 128 Å². The maximum absolute atomic E-state index is 3.74. The lowest BCUT2D eigenvalue weighted by Crippen LogP contribution is -2.18. The Morgan fingerprint density at radius 2 is 1.72 bits per heavy atom. The molecule has 0 saturated heterocycles. The standard InChI is InChI=1S/C16H22Br2/c17-12-15(13-7-3-1-2-4-8-13)11-14-9-5-6-10-16(14)18/h5-6,9-10,13,15H,1-4,7-8,11-12H2. The van der Waals surface area contributed by atoms with Gasteiger partial charge in [-0.1, -0.05) is 88.6 Å². The third-order valence-corrected chi connectivity index (χ3v) is 5.81. The molecule has 100 valence electrons. The van der Waals surface area contributed by atoms with Gasteiger partial charge in [0.2, 0.25) is 0 Å². The van der Waals surface area contributed by atoms with Crippen LogP contribution >= 0.6 is 31.9 Å². The molecule has 0 heterocycles. The van der Waals surface area contributed by atoms with E-state index < -0.39 is 0 Å². The molecule has 0 amide bonds. The van der Waals surface area contributed by atoms with Crippen molar-refractivity contribution in [2.45, 2.75) is 44.9 Å². The summed E-state index contributed by atoms with van der Waals surface area (Å²) in [5.41, 5.74) is 1.46. The zero-order valence-corrected chi connectivity index (χ0v) is 14.0.